The summed E-state index contributed by atoms with van der Waals surface area (Å²) in [5.74, 6) is -1.35. The predicted octanol–water partition coefficient (Wildman–Crippen LogP) is 2.45. The lowest BCUT2D eigenvalue weighted by Crippen LogP contribution is -2.28. The molecule has 0 saturated carbocycles. The van der Waals surface area contributed by atoms with E-state index >= 15 is 0 Å². The largest absolute Gasteiger partial charge is 0.416 e. The normalized spacial score (nSPS) is 11.9. The summed E-state index contributed by atoms with van der Waals surface area (Å²) in [6, 6.07) is 10.4. The molecular weight excluding hydrogens is 361 g/mol. The van der Waals surface area contributed by atoms with Crippen LogP contribution in [0.3, 0.4) is 0 Å². The van der Waals surface area contributed by atoms with Crippen LogP contribution in [0.2, 0.25) is 0 Å². The van der Waals surface area contributed by atoms with Gasteiger partial charge in [0, 0.05) is 17.7 Å². The molecule has 0 heterocycles. The van der Waals surface area contributed by atoms with E-state index in [1.165, 1.54) is 30.3 Å². The molecule has 0 fully saturated rings. The SMILES string of the molecule is NC(=O)c1ccccc1/C(=C\c1ccc(C(F)(F)F)cc1)C(=O)NCCO. The molecule has 0 unspecified atom stereocenters. The van der Waals surface area contributed by atoms with Crippen LogP contribution in [-0.4, -0.2) is 30.1 Å². The maximum absolute atomic E-state index is 12.7. The molecule has 0 aliphatic carbocycles. The molecule has 0 radical (unpaired) electrons. The van der Waals surface area contributed by atoms with Crippen molar-refractivity contribution in [3.63, 3.8) is 0 Å². The van der Waals surface area contributed by atoms with Crippen LogP contribution in [-0.2, 0) is 11.0 Å². The van der Waals surface area contributed by atoms with Gasteiger partial charge in [-0.1, -0.05) is 30.3 Å². The van der Waals surface area contributed by atoms with Crippen molar-refractivity contribution in [2.75, 3.05) is 13.2 Å². The van der Waals surface area contributed by atoms with E-state index in [9.17, 15) is 22.8 Å². The van der Waals surface area contributed by atoms with E-state index in [1.54, 1.807) is 12.1 Å². The number of carbonyl (C=O) groups is 2. The van der Waals surface area contributed by atoms with Crippen LogP contribution in [0.15, 0.2) is 48.5 Å². The Bertz CT molecular complexity index is 859. The van der Waals surface area contributed by atoms with Crippen molar-refractivity contribution in [3.05, 3.63) is 70.8 Å². The summed E-state index contributed by atoms with van der Waals surface area (Å²) in [4.78, 5) is 24.2. The maximum Gasteiger partial charge on any atom is 0.416 e. The molecule has 0 atom stereocenters. The number of primary amides is 1. The van der Waals surface area contributed by atoms with Gasteiger partial charge in [0.25, 0.3) is 5.91 Å². The fraction of sp³-hybridized carbons (Fsp3) is 0.158. The van der Waals surface area contributed by atoms with Crippen molar-refractivity contribution < 1.29 is 27.9 Å². The third-order valence-corrected chi connectivity index (χ3v) is 3.67. The Labute approximate surface area is 153 Å². The molecule has 0 saturated heterocycles. The monoisotopic (exact) mass is 378 g/mol. The molecule has 2 rings (SSSR count). The first-order valence-electron chi connectivity index (χ1n) is 7.91. The molecule has 0 aromatic heterocycles. The van der Waals surface area contributed by atoms with Crippen LogP contribution in [0.5, 0.6) is 0 Å². The Morgan fingerprint density at radius 2 is 1.63 bits per heavy atom. The van der Waals surface area contributed by atoms with Crippen LogP contribution < -0.4 is 11.1 Å². The van der Waals surface area contributed by atoms with Crippen LogP contribution in [0.25, 0.3) is 11.6 Å². The first-order valence-corrected chi connectivity index (χ1v) is 7.91. The molecule has 0 aliphatic rings. The van der Waals surface area contributed by atoms with Gasteiger partial charge in [0.1, 0.15) is 0 Å². The van der Waals surface area contributed by atoms with Crippen LogP contribution in [0.1, 0.15) is 27.0 Å². The molecular formula is C19H17F3N2O3. The van der Waals surface area contributed by atoms with Crippen LogP contribution >= 0.6 is 0 Å². The summed E-state index contributed by atoms with van der Waals surface area (Å²) in [6.07, 6.45) is -3.11. The Balaban J connectivity index is 2.52. The van der Waals surface area contributed by atoms with Gasteiger partial charge in [-0.3, -0.25) is 9.59 Å². The highest BCUT2D eigenvalue weighted by molar-refractivity contribution is 6.26. The van der Waals surface area contributed by atoms with E-state index in [-0.39, 0.29) is 29.9 Å². The highest BCUT2D eigenvalue weighted by Gasteiger charge is 2.30. The predicted molar refractivity (Wildman–Crippen MR) is 94.4 cm³/mol. The lowest BCUT2D eigenvalue weighted by atomic mass is 9.96. The molecule has 0 spiro atoms. The average molecular weight is 378 g/mol. The molecule has 27 heavy (non-hydrogen) atoms. The second-order valence-corrected chi connectivity index (χ2v) is 5.57. The fourth-order valence-corrected chi connectivity index (χ4v) is 2.40. The van der Waals surface area contributed by atoms with E-state index in [4.69, 9.17) is 10.8 Å². The Morgan fingerprint density at radius 3 is 2.15 bits per heavy atom. The van der Waals surface area contributed by atoms with Crippen molar-refractivity contribution >= 4 is 23.5 Å². The zero-order valence-corrected chi connectivity index (χ0v) is 14.1. The highest BCUT2D eigenvalue weighted by atomic mass is 19.4. The minimum atomic E-state index is -4.47. The zero-order valence-electron chi connectivity index (χ0n) is 14.1. The van der Waals surface area contributed by atoms with Gasteiger partial charge in [0.05, 0.1) is 12.2 Å². The number of hydrogen-bond donors (Lipinski definition) is 3. The lowest BCUT2D eigenvalue weighted by molar-refractivity contribution is -0.137. The number of hydrogen-bond acceptors (Lipinski definition) is 3. The fourth-order valence-electron chi connectivity index (χ4n) is 2.40. The third-order valence-electron chi connectivity index (χ3n) is 3.67. The zero-order chi connectivity index (χ0) is 20.0. The molecule has 142 valence electrons. The molecule has 2 amide bonds. The van der Waals surface area contributed by atoms with Crippen molar-refractivity contribution in [1.82, 2.24) is 5.32 Å². The van der Waals surface area contributed by atoms with Gasteiger partial charge in [-0.15, -0.1) is 0 Å². The molecule has 2 aromatic rings. The number of halogens is 3. The molecule has 5 nitrogen and oxygen atoms in total. The summed E-state index contributed by atoms with van der Waals surface area (Å²) >= 11 is 0. The summed E-state index contributed by atoms with van der Waals surface area (Å²) in [6.45, 7) is -0.321. The minimum absolute atomic E-state index is 0.0259. The maximum atomic E-state index is 12.7. The summed E-state index contributed by atoms with van der Waals surface area (Å²) in [7, 11) is 0. The van der Waals surface area contributed by atoms with E-state index in [0.717, 1.165) is 12.1 Å². The summed E-state index contributed by atoms with van der Waals surface area (Å²) in [5.41, 5.74) is 5.23. The number of nitrogens with one attached hydrogen (secondary N) is 1. The quantitative estimate of drug-likeness (QED) is 0.533. The number of benzene rings is 2. The second kappa shape index (κ2) is 8.50. The number of aliphatic hydroxyl groups is 1. The van der Waals surface area contributed by atoms with E-state index in [2.05, 4.69) is 5.32 Å². The van der Waals surface area contributed by atoms with Gasteiger partial charge in [-0.2, -0.15) is 13.2 Å². The van der Waals surface area contributed by atoms with E-state index < -0.39 is 23.6 Å². The number of nitrogens with two attached hydrogens (primary N) is 1. The number of alkyl halides is 3. The van der Waals surface area contributed by atoms with Crippen molar-refractivity contribution in [2.24, 2.45) is 5.73 Å². The van der Waals surface area contributed by atoms with E-state index in [0.29, 0.717) is 5.56 Å². The molecule has 0 bridgehead atoms. The molecule has 4 N–H and O–H groups in total. The Morgan fingerprint density at radius 1 is 1.04 bits per heavy atom. The second-order valence-electron chi connectivity index (χ2n) is 5.57. The minimum Gasteiger partial charge on any atom is -0.395 e. The molecule has 0 aliphatic heterocycles. The van der Waals surface area contributed by atoms with Crippen molar-refractivity contribution in [1.29, 1.82) is 0 Å². The van der Waals surface area contributed by atoms with Gasteiger partial charge in [0.2, 0.25) is 5.91 Å². The smallest absolute Gasteiger partial charge is 0.395 e. The Kier molecular flexibility index (Phi) is 6.36. The van der Waals surface area contributed by atoms with Crippen LogP contribution in [0.4, 0.5) is 13.2 Å². The van der Waals surface area contributed by atoms with Crippen molar-refractivity contribution in [3.8, 4) is 0 Å². The van der Waals surface area contributed by atoms with Gasteiger partial charge < -0.3 is 16.2 Å². The van der Waals surface area contributed by atoms with Gasteiger partial charge in [-0.25, -0.2) is 0 Å². The third kappa shape index (κ3) is 5.18. The lowest BCUT2D eigenvalue weighted by Gasteiger charge is -2.12. The number of rotatable bonds is 6. The first kappa shape index (κ1) is 20.2. The topological polar surface area (TPSA) is 92.4 Å². The summed E-state index contributed by atoms with van der Waals surface area (Å²) in [5, 5.41) is 11.4. The summed E-state index contributed by atoms with van der Waals surface area (Å²) < 4.78 is 38.1. The number of aliphatic hydroxyl groups excluding tert-OH is 1. The Hall–Kier alpha value is -3.13. The highest BCUT2D eigenvalue weighted by Crippen LogP contribution is 2.30. The van der Waals surface area contributed by atoms with Gasteiger partial charge in [0.15, 0.2) is 0 Å². The molecule has 8 heteroatoms. The number of amides is 2. The number of carbonyl (C=O) groups excluding carboxylic acids is 2. The van der Waals surface area contributed by atoms with Crippen LogP contribution in [0, 0.1) is 0 Å². The van der Waals surface area contributed by atoms with E-state index in [1.807, 2.05) is 0 Å². The standard InChI is InChI=1S/C19H17F3N2O3/c20-19(21,22)13-7-5-12(6-8-13)11-16(18(27)24-9-10-25)14-3-1-2-4-15(14)17(23)26/h1-8,11,25H,9-10H2,(H2,23,26)(H,24,27)/b16-11+. The first-order chi connectivity index (χ1) is 12.7. The molecule has 2 aromatic carbocycles. The van der Waals surface area contributed by atoms with Gasteiger partial charge >= 0.3 is 6.18 Å². The van der Waals surface area contributed by atoms with Crippen molar-refractivity contribution in [2.45, 2.75) is 6.18 Å². The van der Waals surface area contributed by atoms with Gasteiger partial charge in [-0.05, 0) is 35.4 Å². The average Bonchev–Trinajstić information content (AvgIpc) is 2.63.